The molecule has 0 bridgehead atoms. The fraction of sp³-hybridized carbons (Fsp3) is 0.286. The average molecular weight is 434 g/mol. The third-order valence-electron chi connectivity index (χ3n) is 4.83. The van der Waals surface area contributed by atoms with Gasteiger partial charge in [0.15, 0.2) is 5.69 Å². The SMILES string of the molecule is Cc1cccc(CN(Cc2ccccn2)C(=O)c2n[nH]c3c2CNCC3)c1.Cl.Cl. The van der Waals surface area contributed by atoms with Crippen LogP contribution in [0.25, 0.3) is 0 Å². The topological polar surface area (TPSA) is 73.9 Å². The molecule has 0 saturated carbocycles. The summed E-state index contributed by atoms with van der Waals surface area (Å²) in [5.74, 6) is -0.0663. The average Bonchev–Trinajstić information content (AvgIpc) is 3.12. The first kappa shape index (κ1) is 22.9. The Hall–Kier alpha value is -2.41. The molecule has 0 aliphatic carbocycles. The summed E-state index contributed by atoms with van der Waals surface area (Å²) < 4.78 is 0. The Kier molecular flexibility index (Phi) is 8.20. The molecule has 154 valence electrons. The van der Waals surface area contributed by atoms with Crippen molar-refractivity contribution in [3.63, 3.8) is 0 Å². The maximum atomic E-state index is 13.4. The van der Waals surface area contributed by atoms with Crippen LogP contribution in [-0.2, 0) is 26.1 Å². The van der Waals surface area contributed by atoms with E-state index in [2.05, 4.69) is 39.6 Å². The van der Waals surface area contributed by atoms with E-state index in [1.807, 2.05) is 35.2 Å². The van der Waals surface area contributed by atoms with E-state index in [0.717, 1.165) is 35.5 Å². The fourth-order valence-corrected chi connectivity index (χ4v) is 3.47. The van der Waals surface area contributed by atoms with Gasteiger partial charge < -0.3 is 10.2 Å². The summed E-state index contributed by atoms with van der Waals surface area (Å²) in [6, 6.07) is 14.0. The lowest BCUT2D eigenvalue weighted by molar-refractivity contribution is 0.0720. The molecule has 29 heavy (non-hydrogen) atoms. The minimum Gasteiger partial charge on any atom is -0.327 e. The summed E-state index contributed by atoms with van der Waals surface area (Å²) in [5.41, 5.74) is 5.70. The van der Waals surface area contributed by atoms with Crippen molar-refractivity contribution in [2.24, 2.45) is 0 Å². The van der Waals surface area contributed by atoms with Crippen molar-refractivity contribution in [2.45, 2.75) is 33.0 Å². The molecule has 0 fully saturated rings. The third kappa shape index (κ3) is 5.35. The second-order valence-corrected chi connectivity index (χ2v) is 6.93. The number of halogens is 2. The molecule has 0 spiro atoms. The van der Waals surface area contributed by atoms with Crippen LogP contribution < -0.4 is 5.32 Å². The molecule has 4 rings (SSSR count). The highest BCUT2D eigenvalue weighted by Crippen LogP contribution is 2.19. The Morgan fingerprint density at radius 1 is 1.14 bits per heavy atom. The Labute approximate surface area is 182 Å². The maximum Gasteiger partial charge on any atom is 0.275 e. The largest absolute Gasteiger partial charge is 0.327 e. The van der Waals surface area contributed by atoms with Gasteiger partial charge in [0.25, 0.3) is 5.91 Å². The first-order valence-corrected chi connectivity index (χ1v) is 9.22. The second-order valence-electron chi connectivity index (χ2n) is 6.93. The summed E-state index contributed by atoms with van der Waals surface area (Å²) >= 11 is 0. The molecule has 8 heteroatoms. The van der Waals surface area contributed by atoms with Crippen molar-refractivity contribution in [1.29, 1.82) is 0 Å². The van der Waals surface area contributed by atoms with E-state index >= 15 is 0 Å². The van der Waals surface area contributed by atoms with E-state index in [4.69, 9.17) is 0 Å². The normalized spacial score (nSPS) is 12.3. The van der Waals surface area contributed by atoms with Gasteiger partial charge in [-0.1, -0.05) is 35.9 Å². The lowest BCUT2D eigenvalue weighted by atomic mass is 10.1. The number of hydrogen-bond acceptors (Lipinski definition) is 4. The van der Waals surface area contributed by atoms with Gasteiger partial charge >= 0.3 is 0 Å². The zero-order chi connectivity index (χ0) is 18.6. The standard InChI is InChI=1S/C21H23N5O.2ClH/c1-15-5-4-6-16(11-15)13-26(14-17-7-2-3-9-23-17)21(27)20-18-12-22-10-8-19(18)24-25-20;;/h2-7,9,11,22H,8,10,12-14H2,1H3,(H,24,25);2*1H. The molecule has 0 atom stereocenters. The highest BCUT2D eigenvalue weighted by molar-refractivity contribution is 5.94. The zero-order valence-corrected chi connectivity index (χ0v) is 17.9. The lowest BCUT2D eigenvalue weighted by Crippen LogP contribution is -2.32. The summed E-state index contributed by atoms with van der Waals surface area (Å²) in [6.45, 7) is 4.61. The third-order valence-corrected chi connectivity index (χ3v) is 4.83. The number of amides is 1. The number of nitrogens with one attached hydrogen (secondary N) is 2. The van der Waals surface area contributed by atoms with E-state index in [0.29, 0.717) is 25.3 Å². The molecule has 3 aromatic rings. The van der Waals surface area contributed by atoms with Gasteiger partial charge in [-0.2, -0.15) is 5.10 Å². The Bertz CT molecular complexity index is 945. The molecule has 1 amide bonds. The van der Waals surface area contributed by atoms with Crippen LogP contribution in [0.2, 0.25) is 0 Å². The number of nitrogens with zero attached hydrogens (tertiary/aromatic N) is 3. The first-order valence-electron chi connectivity index (χ1n) is 9.22. The van der Waals surface area contributed by atoms with Crippen LogP contribution in [-0.4, -0.2) is 32.5 Å². The molecular weight excluding hydrogens is 409 g/mol. The molecule has 6 nitrogen and oxygen atoms in total. The highest BCUT2D eigenvalue weighted by atomic mass is 35.5. The molecule has 0 saturated heterocycles. The van der Waals surface area contributed by atoms with E-state index in [1.165, 1.54) is 5.56 Å². The van der Waals surface area contributed by atoms with E-state index in [9.17, 15) is 4.79 Å². The number of fused-ring (bicyclic) bond motifs is 1. The molecule has 1 aromatic carbocycles. The van der Waals surface area contributed by atoms with Crippen molar-refractivity contribution < 1.29 is 4.79 Å². The van der Waals surface area contributed by atoms with Gasteiger partial charge in [0.2, 0.25) is 0 Å². The van der Waals surface area contributed by atoms with Gasteiger partial charge in [0.05, 0.1) is 12.2 Å². The molecule has 3 heterocycles. The number of benzene rings is 1. The monoisotopic (exact) mass is 433 g/mol. The van der Waals surface area contributed by atoms with Crippen LogP contribution in [0.5, 0.6) is 0 Å². The molecule has 0 radical (unpaired) electrons. The van der Waals surface area contributed by atoms with Crippen molar-refractivity contribution in [3.05, 3.63) is 82.4 Å². The quantitative estimate of drug-likeness (QED) is 0.645. The van der Waals surface area contributed by atoms with Gasteiger partial charge in [-0.15, -0.1) is 24.8 Å². The Morgan fingerprint density at radius 3 is 2.76 bits per heavy atom. The number of carbonyl (C=O) groups is 1. The lowest BCUT2D eigenvalue weighted by Gasteiger charge is -2.23. The number of aromatic nitrogens is 3. The molecule has 1 aliphatic rings. The number of aromatic amines is 1. The Morgan fingerprint density at radius 2 is 2.00 bits per heavy atom. The molecular formula is C21H25Cl2N5O. The summed E-state index contributed by atoms with van der Waals surface area (Å²) in [6.07, 6.45) is 2.62. The van der Waals surface area contributed by atoms with Crippen molar-refractivity contribution >= 4 is 30.7 Å². The van der Waals surface area contributed by atoms with Crippen LogP contribution in [0.1, 0.15) is 38.6 Å². The number of hydrogen-bond donors (Lipinski definition) is 2. The van der Waals surface area contributed by atoms with Gasteiger partial charge in [-0.05, 0) is 24.6 Å². The number of rotatable bonds is 5. The molecule has 0 unspecified atom stereocenters. The second kappa shape index (κ2) is 10.4. The van der Waals surface area contributed by atoms with E-state index in [-0.39, 0.29) is 30.7 Å². The van der Waals surface area contributed by atoms with Gasteiger partial charge in [-0.3, -0.25) is 14.9 Å². The minimum absolute atomic E-state index is 0. The van der Waals surface area contributed by atoms with Crippen LogP contribution in [0.3, 0.4) is 0 Å². The van der Waals surface area contributed by atoms with Crippen molar-refractivity contribution in [1.82, 2.24) is 25.4 Å². The van der Waals surface area contributed by atoms with Crippen LogP contribution >= 0.6 is 24.8 Å². The molecule has 2 N–H and O–H groups in total. The van der Waals surface area contributed by atoms with Crippen LogP contribution in [0.4, 0.5) is 0 Å². The zero-order valence-electron chi connectivity index (χ0n) is 16.2. The maximum absolute atomic E-state index is 13.4. The summed E-state index contributed by atoms with van der Waals surface area (Å²) in [7, 11) is 0. The summed E-state index contributed by atoms with van der Waals surface area (Å²) in [5, 5.41) is 10.7. The van der Waals surface area contributed by atoms with Gasteiger partial charge in [0.1, 0.15) is 0 Å². The van der Waals surface area contributed by atoms with E-state index in [1.54, 1.807) is 6.20 Å². The van der Waals surface area contributed by atoms with Gasteiger partial charge in [-0.25, -0.2) is 0 Å². The predicted molar refractivity (Wildman–Crippen MR) is 117 cm³/mol. The minimum atomic E-state index is -0.0663. The molecule has 2 aromatic heterocycles. The predicted octanol–water partition coefficient (Wildman–Crippen LogP) is 3.45. The smallest absolute Gasteiger partial charge is 0.275 e. The fourth-order valence-electron chi connectivity index (χ4n) is 3.47. The number of aryl methyl sites for hydroxylation is 1. The first-order chi connectivity index (χ1) is 13.2. The van der Waals surface area contributed by atoms with E-state index < -0.39 is 0 Å². The number of H-pyrrole nitrogens is 1. The number of pyridine rings is 1. The summed E-state index contributed by atoms with van der Waals surface area (Å²) in [4.78, 5) is 19.6. The van der Waals surface area contributed by atoms with Gasteiger partial charge in [0, 0.05) is 43.5 Å². The molecule has 1 aliphatic heterocycles. The van der Waals surface area contributed by atoms with Crippen molar-refractivity contribution in [2.75, 3.05) is 6.54 Å². The number of carbonyl (C=O) groups excluding carboxylic acids is 1. The highest BCUT2D eigenvalue weighted by Gasteiger charge is 2.26. The van der Waals surface area contributed by atoms with Crippen LogP contribution in [0, 0.1) is 6.92 Å². The van der Waals surface area contributed by atoms with Crippen molar-refractivity contribution in [3.8, 4) is 0 Å². The Balaban J connectivity index is 0.00000150. The van der Waals surface area contributed by atoms with Crippen LogP contribution in [0.15, 0.2) is 48.7 Å².